The summed E-state index contributed by atoms with van der Waals surface area (Å²) in [6.45, 7) is -0.0796. The Hall–Kier alpha value is -4.76. The van der Waals surface area contributed by atoms with Gasteiger partial charge in [-0.15, -0.1) is 0 Å². The van der Waals surface area contributed by atoms with Gasteiger partial charge in [-0.3, -0.25) is 14.9 Å². The smallest absolute Gasteiger partial charge is 0.312 e. The monoisotopic (exact) mass is 585 g/mol. The number of H-pyrrole nitrogens is 1. The van der Waals surface area contributed by atoms with E-state index in [1.54, 1.807) is 18.3 Å². The molecule has 1 saturated heterocycles. The number of aromatic nitrogens is 2. The fourth-order valence-electron chi connectivity index (χ4n) is 4.17. The number of nitrogens with zero attached hydrogens (tertiary/aromatic N) is 2. The second-order valence-corrected chi connectivity index (χ2v) is 11.0. The van der Waals surface area contributed by atoms with E-state index in [2.05, 4.69) is 9.97 Å². The molecule has 5 rings (SSSR count). The number of fused-ring (bicyclic) bond motifs is 1. The van der Waals surface area contributed by atoms with Crippen molar-refractivity contribution in [2.75, 3.05) is 25.6 Å². The van der Waals surface area contributed by atoms with Crippen molar-refractivity contribution in [2.24, 2.45) is 0 Å². The Morgan fingerprint density at radius 3 is 2.71 bits per heavy atom. The normalized spacial score (nSPS) is 14.9. The Labute approximate surface area is 232 Å². The molecule has 0 aliphatic carbocycles. The molecule has 2 aromatic heterocycles. The third-order valence-corrected chi connectivity index (χ3v) is 7.72. The summed E-state index contributed by atoms with van der Waals surface area (Å²) in [7, 11) is -4.60. The number of rotatable bonds is 9. The number of aromatic amines is 1. The van der Waals surface area contributed by atoms with E-state index < -0.39 is 43.7 Å². The number of hydrogen-bond acceptors (Lipinski definition) is 10. The molecule has 0 unspecified atom stereocenters. The van der Waals surface area contributed by atoms with Crippen LogP contribution in [0.4, 0.5) is 15.8 Å². The fourth-order valence-corrected chi connectivity index (χ4v) is 5.15. The predicted octanol–water partition coefficient (Wildman–Crippen LogP) is 3.86. The van der Waals surface area contributed by atoms with Crippen LogP contribution in [0.2, 0.25) is 0 Å². The highest BCUT2D eigenvalue weighted by atomic mass is 32.2. The summed E-state index contributed by atoms with van der Waals surface area (Å²) < 4.78 is 59.2. The van der Waals surface area contributed by atoms with Gasteiger partial charge >= 0.3 is 5.69 Å². The maximum atomic E-state index is 14.9. The van der Waals surface area contributed by atoms with Crippen molar-refractivity contribution >= 4 is 38.3 Å². The Balaban J connectivity index is 1.36. The van der Waals surface area contributed by atoms with Crippen molar-refractivity contribution < 1.29 is 36.7 Å². The highest BCUT2D eigenvalue weighted by Gasteiger charge is 2.34. The van der Waals surface area contributed by atoms with Crippen LogP contribution in [0.15, 0.2) is 65.8 Å². The Morgan fingerprint density at radius 2 is 1.95 bits per heavy atom. The van der Waals surface area contributed by atoms with Gasteiger partial charge in [0.05, 0.1) is 21.6 Å². The van der Waals surface area contributed by atoms with Crippen molar-refractivity contribution in [1.29, 1.82) is 0 Å². The first-order chi connectivity index (χ1) is 19.5. The molecular weight excluding hydrogens is 561 g/mol. The predicted molar refractivity (Wildman–Crippen MR) is 144 cm³/mol. The van der Waals surface area contributed by atoms with E-state index in [0.717, 1.165) is 23.6 Å². The number of anilines is 1. The molecule has 13 nitrogen and oxygen atoms in total. The van der Waals surface area contributed by atoms with Crippen molar-refractivity contribution in [1.82, 2.24) is 14.7 Å². The van der Waals surface area contributed by atoms with E-state index in [1.165, 1.54) is 24.4 Å². The molecule has 0 saturated carbocycles. The molecule has 3 heterocycles. The summed E-state index contributed by atoms with van der Waals surface area (Å²) in [5.74, 6) is -1.16. The van der Waals surface area contributed by atoms with Crippen molar-refractivity contribution in [3.63, 3.8) is 0 Å². The zero-order chi connectivity index (χ0) is 29.2. The molecule has 0 spiro atoms. The molecule has 2 aromatic carbocycles. The van der Waals surface area contributed by atoms with Crippen LogP contribution in [-0.4, -0.2) is 54.7 Å². The average Bonchev–Trinajstić information content (AvgIpc) is 3.40. The minimum Gasteiger partial charge on any atom is -0.483 e. The van der Waals surface area contributed by atoms with Gasteiger partial charge in [0.15, 0.2) is 5.75 Å². The van der Waals surface area contributed by atoms with E-state index in [4.69, 9.17) is 19.9 Å². The number of nitrogens with one attached hydrogen (secondary N) is 2. The molecular formula is C26H24FN5O8S. The van der Waals surface area contributed by atoms with Crippen LogP contribution in [-0.2, 0) is 14.8 Å². The van der Waals surface area contributed by atoms with Gasteiger partial charge in [0.1, 0.15) is 29.4 Å². The number of ether oxygens (including phenoxy) is 3. The maximum absolute atomic E-state index is 14.9. The zero-order valence-corrected chi connectivity index (χ0v) is 22.1. The number of nitrogens with two attached hydrogens (primary N) is 1. The summed E-state index contributed by atoms with van der Waals surface area (Å²) in [5.41, 5.74) is 4.11. The van der Waals surface area contributed by atoms with Gasteiger partial charge in [0, 0.05) is 55.5 Å². The van der Waals surface area contributed by atoms with E-state index in [0.29, 0.717) is 5.65 Å². The summed E-state index contributed by atoms with van der Waals surface area (Å²) in [4.78, 5) is 30.5. The first-order valence-electron chi connectivity index (χ1n) is 12.3. The molecule has 0 bridgehead atoms. The summed E-state index contributed by atoms with van der Waals surface area (Å²) >= 11 is 0. The van der Waals surface area contributed by atoms with Gasteiger partial charge in [-0.2, -0.15) is 0 Å². The lowest BCUT2D eigenvalue weighted by Gasteiger charge is -2.29. The Morgan fingerprint density at radius 1 is 1.17 bits per heavy atom. The largest absolute Gasteiger partial charge is 0.483 e. The van der Waals surface area contributed by atoms with Gasteiger partial charge in [-0.1, -0.05) is 0 Å². The lowest BCUT2D eigenvalue weighted by molar-refractivity contribution is -0.386. The maximum Gasteiger partial charge on any atom is 0.312 e. The molecule has 4 aromatic rings. The topological polar surface area (TPSA) is 189 Å². The van der Waals surface area contributed by atoms with Crippen LogP contribution < -0.4 is 19.9 Å². The first-order valence-corrected chi connectivity index (χ1v) is 13.8. The summed E-state index contributed by atoms with van der Waals surface area (Å²) in [6, 6.07) is 10.2. The molecule has 214 valence electrons. The number of benzene rings is 2. The molecule has 4 N–H and O–H groups in total. The van der Waals surface area contributed by atoms with Gasteiger partial charge < -0.3 is 24.9 Å². The SMILES string of the molecule is Nc1ccc(C(=O)NS(=O)(=O)c2ccc(OCC3(F)CCOCC3)c([N+](=O)[O-])c2)c(Oc2cnc3[nH]ccc3c2)c1. The number of alkyl halides is 1. The first kappa shape index (κ1) is 27.8. The van der Waals surface area contributed by atoms with Crippen molar-refractivity contribution in [2.45, 2.75) is 23.4 Å². The second-order valence-electron chi connectivity index (χ2n) is 9.32. The lowest BCUT2D eigenvalue weighted by Crippen LogP contribution is -2.37. The molecule has 1 aliphatic rings. The highest BCUT2D eigenvalue weighted by Crippen LogP contribution is 2.33. The third-order valence-electron chi connectivity index (χ3n) is 6.39. The number of carbonyl (C=O) groups excluding carboxylic acids is 1. The minimum absolute atomic E-state index is 0.0441. The Kier molecular flexibility index (Phi) is 7.47. The number of pyridine rings is 1. The minimum atomic E-state index is -4.60. The second kappa shape index (κ2) is 11.0. The number of nitro groups is 1. The lowest BCUT2D eigenvalue weighted by atomic mass is 9.98. The van der Waals surface area contributed by atoms with E-state index in [1.807, 2.05) is 4.72 Å². The number of carbonyl (C=O) groups is 1. The quantitative estimate of drug-likeness (QED) is 0.148. The van der Waals surface area contributed by atoms with Gasteiger partial charge in [-0.05, 0) is 36.4 Å². The van der Waals surface area contributed by atoms with E-state index in [9.17, 15) is 27.7 Å². The van der Waals surface area contributed by atoms with E-state index >= 15 is 0 Å². The molecule has 1 aliphatic heterocycles. The number of sulfonamides is 1. The molecule has 0 atom stereocenters. The van der Waals surface area contributed by atoms with Crippen LogP contribution in [0.5, 0.6) is 17.2 Å². The van der Waals surface area contributed by atoms with Gasteiger partial charge in [0.2, 0.25) is 0 Å². The average molecular weight is 586 g/mol. The highest BCUT2D eigenvalue weighted by molar-refractivity contribution is 7.90. The summed E-state index contributed by atoms with van der Waals surface area (Å²) in [6.07, 6.45) is 3.23. The fraction of sp³-hybridized carbons (Fsp3) is 0.231. The van der Waals surface area contributed by atoms with Gasteiger partial charge in [-0.25, -0.2) is 22.5 Å². The van der Waals surface area contributed by atoms with Crippen LogP contribution in [0.1, 0.15) is 23.2 Å². The van der Waals surface area contributed by atoms with Crippen LogP contribution in [0, 0.1) is 10.1 Å². The third kappa shape index (κ3) is 6.20. The number of nitro benzene ring substituents is 1. The number of amides is 1. The van der Waals surface area contributed by atoms with Gasteiger partial charge in [0.25, 0.3) is 15.9 Å². The Bertz CT molecular complexity index is 1740. The van der Waals surface area contributed by atoms with Crippen molar-refractivity contribution in [3.8, 4) is 17.2 Å². The van der Waals surface area contributed by atoms with Crippen LogP contribution >= 0.6 is 0 Å². The molecule has 41 heavy (non-hydrogen) atoms. The zero-order valence-electron chi connectivity index (χ0n) is 21.3. The number of nitrogen functional groups attached to an aromatic ring is 1. The summed E-state index contributed by atoms with van der Waals surface area (Å²) in [5, 5.41) is 12.4. The molecule has 15 heteroatoms. The number of halogens is 1. The standard InChI is InChI=1S/C26H24FN5O8S/c27-26(6-9-38-10-7-26)15-39-22-4-2-19(13-21(22)32(34)35)41(36,37)31-25(33)20-3-1-17(28)12-23(20)40-18-11-16-5-8-29-24(16)30-14-18/h1-5,8,11-14H,6-7,9-10,15,28H2,(H,29,30)(H,31,33). The van der Waals surface area contributed by atoms with E-state index in [-0.39, 0.29) is 54.6 Å². The van der Waals surface area contributed by atoms with Crippen LogP contribution in [0.25, 0.3) is 11.0 Å². The molecule has 0 radical (unpaired) electrons. The molecule has 1 fully saturated rings. The van der Waals surface area contributed by atoms with Crippen LogP contribution in [0.3, 0.4) is 0 Å². The van der Waals surface area contributed by atoms with Crippen molar-refractivity contribution in [3.05, 3.63) is 76.6 Å². The number of hydrogen-bond donors (Lipinski definition) is 3. The molecule has 1 amide bonds.